The zero-order chi connectivity index (χ0) is 19.3. The van der Waals surface area contributed by atoms with E-state index in [0.717, 1.165) is 49.0 Å². The Morgan fingerprint density at radius 3 is 2.75 bits per heavy atom. The van der Waals surface area contributed by atoms with Crippen LogP contribution in [0.15, 0.2) is 36.7 Å². The van der Waals surface area contributed by atoms with Crippen molar-refractivity contribution in [2.24, 2.45) is 0 Å². The summed E-state index contributed by atoms with van der Waals surface area (Å²) in [6.45, 7) is 10.1. The Kier molecular flexibility index (Phi) is 5.03. The fourth-order valence-electron chi connectivity index (χ4n) is 3.02. The van der Waals surface area contributed by atoms with Crippen molar-refractivity contribution in [3.05, 3.63) is 48.1 Å². The summed E-state index contributed by atoms with van der Waals surface area (Å²) in [4.78, 5) is 13.6. The number of benzene rings is 1. The minimum Gasteiger partial charge on any atom is -0.496 e. The predicted molar refractivity (Wildman–Crippen MR) is 105 cm³/mol. The summed E-state index contributed by atoms with van der Waals surface area (Å²) >= 11 is 0. The molecule has 0 radical (unpaired) electrons. The van der Waals surface area contributed by atoms with E-state index < -0.39 is 0 Å². The molecule has 1 aliphatic heterocycles. The number of methoxy groups -OCH3 is 1. The van der Waals surface area contributed by atoms with E-state index in [0.29, 0.717) is 11.6 Å². The summed E-state index contributed by atoms with van der Waals surface area (Å²) in [5.41, 5.74) is 2.84. The number of nitrogens with zero attached hydrogens (tertiary/aromatic N) is 5. The maximum atomic E-state index is 6.92. The zero-order valence-corrected chi connectivity index (χ0v) is 15.3. The molecule has 0 spiro atoms. The van der Waals surface area contributed by atoms with Gasteiger partial charge >= 0.3 is 0 Å². The smallest absolute Gasteiger partial charge is 0.288 e. The number of hydrogen-bond donors (Lipinski definition) is 2. The number of anilines is 3. The van der Waals surface area contributed by atoms with Gasteiger partial charge in [0.25, 0.3) is 5.82 Å². The Hall–Kier alpha value is -3.64. The van der Waals surface area contributed by atoms with Crippen LogP contribution in [0, 0.1) is 6.57 Å². The van der Waals surface area contributed by atoms with E-state index in [4.69, 9.17) is 16.0 Å². The fourth-order valence-corrected chi connectivity index (χ4v) is 3.02. The lowest BCUT2D eigenvalue weighted by Crippen LogP contribution is -2.36. The van der Waals surface area contributed by atoms with Crippen molar-refractivity contribution in [1.82, 2.24) is 20.2 Å². The van der Waals surface area contributed by atoms with Crippen molar-refractivity contribution in [3.8, 4) is 17.0 Å². The molecule has 3 heterocycles. The zero-order valence-electron chi connectivity index (χ0n) is 15.3. The quantitative estimate of drug-likeness (QED) is 0.660. The second-order valence-electron chi connectivity index (χ2n) is 6.15. The molecular formula is C19H19N7O2. The van der Waals surface area contributed by atoms with Crippen molar-refractivity contribution in [1.29, 1.82) is 0 Å². The van der Waals surface area contributed by atoms with Gasteiger partial charge in [-0.05, 0) is 12.1 Å². The minimum atomic E-state index is 0.248. The third-order valence-electron chi connectivity index (χ3n) is 4.44. The largest absolute Gasteiger partial charge is 0.496 e. The Balaban J connectivity index is 1.54. The highest BCUT2D eigenvalue weighted by Gasteiger charge is 2.15. The Morgan fingerprint density at radius 2 is 2.04 bits per heavy atom. The first-order valence-corrected chi connectivity index (χ1v) is 8.80. The van der Waals surface area contributed by atoms with Crippen molar-refractivity contribution < 1.29 is 9.47 Å². The molecule has 0 amide bonds. The van der Waals surface area contributed by atoms with Gasteiger partial charge < -0.3 is 24.5 Å². The van der Waals surface area contributed by atoms with E-state index in [1.54, 1.807) is 7.11 Å². The van der Waals surface area contributed by atoms with Crippen LogP contribution in [0.4, 0.5) is 23.1 Å². The molecule has 0 unspecified atom stereocenters. The van der Waals surface area contributed by atoms with Gasteiger partial charge in [-0.3, -0.25) is 5.10 Å². The molecule has 0 aliphatic carbocycles. The molecule has 0 saturated carbocycles. The van der Waals surface area contributed by atoms with Crippen LogP contribution in [-0.2, 0) is 4.74 Å². The standard InChI is InChI=1S/C19H19N7O2/c1-20-18-11-22-19(12-21-18)23-17-10-15(24-25-17)14-4-3-13(9-16(14)27-2)26-5-7-28-8-6-26/h3-4,9-12H,5-8H2,2H3,(H2,22,23,24,25). The van der Waals surface area contributed by atoms with Crippen molar-refractivity contribution in [2.45, 2.75) is 0 Å². The van der Waals surface area contributed by atoms with E-state index in [1.165, 1.54) is 12.4 Å². The second-order valence-corrected chi connectivity index (χ2v) is 6.15. The molecular weight excluding hydrogens is 358 g/mol. The number of aromatic nitrogens is 4. The van der Waals surface area contributed by atoms with Gasteiger partial charge in [0.2, 0.25) is 0 Å². The molecule has 4 rings (SSSR count). The molecule has 1 aliphatic rings. The SMILES string of the molecule is [C-]#[N+]c1cnc(Nc2cc(-c3ccc(N4CCOCC4)cc3OC)[nH]n2)cn1. The molecule has 0 bridgehead atoms. The van der Waals surface area contributed by atoms with Crippen molar-refractivity contribution in [2.75, 3.05) is 43.6 Å². The maximum Gasteiger partial charge on any atom is 0.288 e. The first-order chi connectivity index (χ1) is 13.8. The molecule has 3 aromatic rings. The summed E-state index contributed by atoms with van der Waals surface area (Å²) in [6, 6.07) is 8.00. The second kappa shape index (κ2) is 7.94. The molecule has 142 valence electrons. The van der Waals surface area contributed by atoms with Crippen LogP contribution < -0.4 is 15.0 Å². The summed E-state index contributed by atoms with van der Waals surface area (Å²) in [5, 5.41) is 10.4. The third-order valence-corrected chi connectivity index (χ3v) is 4.44. The van der Waals surface area contributed by atoms with E-state index in [-0.39, 0.29) is 5.82 Å². The molecule has 1 fully saturated rings. The predicted octanol–water partition coefficient (Wildman–Crippen LogP) is 3.01. The number of hydrogen-bond acceptors (Lipinski definition) is 7. The average molecular weight is 377 g/mol. The Bertz CT molecular complexity index is 988. The van der Waals surface area contributed by atoms with E-state index in [9.17, 15) is 0 Å². The van der Waals surface area contributed by atoms with Crippen LogP contribution in [0.5, 0.6) is 5.75 Å². The first-order valence-electron chi connectivity index (χ1n) is 8.80. The van der Waals surface area contributed by atoms with Gasteiger partial charge in [-0.15, -0.1) is 4.98 Å². The van der Waals surface area contributed by atoms with E-state index in [2.05, 4.69) is 41.3 Å². The number of morpholine rings is 1. The van der Waals surface area contributed by atoms with Gasteiger partial charge in [-0.25, -0.2) is 4.98 Å². The Morgan fingerprint density at radius 1 is 1.18 bits per heavy atom. The van der Waals surface area contributed by atoms with E-state index in [1.807, 2.05) is 18.2 Å². The molecule has 9 nitrogen and oxygen atoms in total. The normalized spacial score (nSPS) is 13.8. The molecule has 2 N–H and O–H groups in total. The summed E-state index contributed by atoms with van der Waals surface area (Å²) in [7, 11) is 1.66. The van der Waals surface area contributed by atoms with Crippen LogP contribution in [0.2, 0.25) is 0 Å². The van der Waals surface area contributed by atoms with Gasteiger partial charge in [-0.2, -0.15) is 5.10 Å². The lowest BCUT2D eigenvalue weighted by atomic mass is 10.1. The van der Waals surface area contributed by atoms with Gasteiger partial charge in [-0.1, -0.05) is 6.57 Å². The van der Waals surface area contributed by atoms with Crippen LogP contribution >= 0.6 is 0 Å². The number of nitrogens with one attached hydrogen (secondary N) is 2. The summed E-state index contributed by atoms with van der Waals surface area (Å²) < 4.78 is 11.0. The number of rotatable bonds is 5. The van der Waals surface area contributed by atoms with E-state index >= 15 is 0 Å². The van der Waals surface area contributed by atoms with Crippen molar-refractivity contribution >= 4 is 23.1 Å². The van der Waals surface area contributed by atoms with Crippen LogP contribution in [-0.4, -0.2) is 53.6 Å². The van der Waals surface area contributed by atoms with Gasteiger partial charge in [0.05, 0.1) is 32.2 Å². The van der Waals surface area contributed by atoms with Gasteiger partial charge in [0.15, 0.2) is 17.8 Å². The summed E-state index contributed by atoms with van der Waals surface area (Å²) in [5.74, 6) is 2.12. The topological polar surface area (TPSA) is 92.6 Å². The van der Waals surface area contributed by atoms with Crippen LogP contribution in [0.25, 0.3) is 16.1 Å². The number of H-pyrrole nitrogens is 1. The molecule has 1 aromatic carbocycles. The minimum absolute atomic E-state index is 0.248. The Labute approximate surface area is 162 Å². The summed E-state index contributed by atoms with van der Waals surface area (Å²) in [6.07, 6.45) is 2.91. The molecule has 0 atom stereocenters. The number of aromatic amines is 1. The fraction of sp³-hybridized carbons (Fsp3) is 0.263. The third kappa shape index (κ3) is 3.72. The molecule has 1 saturated heterocycles. The van der Waals surface area contributed by atoms with Gasteiger partial charge in [0, 0.05) is 36.5 Å². The molecule has 28 heavy (non-hydrogen) atoms. The molecule has 9 heteroatoms. The average Bonchev–Trinajstić information content (AvgIpc) is 3.22. The highest BCUT2D eigenvalue weighted by Crippen LogP contribution is 2.34. The number of ether oxygens (including phenoxy) is 2. The maximum absolute atomic E-state index is 6.92. The highest BCUT2D eigenvalue weighted by atomic mass is 16.5. The lowest BCUT2D eigenvalue weighted by Gasteiger charge is -2.29. The van der Waals surface area contributed by atoms with Crippen molar-refractivity contribution in [3.63, 3.8) is 0 Å². The monoisotopic (exact) mass is 377 g/mol. The van der Waals surface area contributed by atoms with Crippen LogP contribution in [0.3, 0.4) is 0 Å². The first kappa shape index (κ1) is 17.8. The molecule has 2 aromatic heterocycles. The van der Waals surface area contributed by atoms with Gasteiger partial charge in [0.1, 0.15) is 5.75 Å². The van der Waals surface area contributed by atoms with Crippen LogP contribution in [0.1, 0.15) is 0 Å². The highest BCUT2D eigenvalue weighted by molar-refractivity contribution is 5.73. The lowest BCUT2D eigenvalue weighted by molar-refractivity contribution is 0.122.